The molecule has 3 nitrogen and oxygen atoms in total. The van der Waals surface area contributed by atoms with E-state index in [9.17, 15) is 13.6 Å². The molecule has 0 fully saturated rings. The second-order valence-electron chi connectivity index (χ2n) is 7.88. The molecule has 154 valence electrons. The van der Waals surface area contributed by atoms with Gasteiger partial charge in [0.05, 0.1) is 11.7 Å². The van der Waals surface area contributed by atoms with Crippen LogP contribution in [0.4, 0.5) is 8.78 Å². The molecule has 0 aromatic carbocycles. The van der Waals surface area contributed by atoms with Crippen molar-refractivity contribution in [1.29, 1.82) is 0 Å². The number of carbonyl (C=O) groups excluding carboxylic acids is 1. The lowest BCUT2D eigenvalue weighted by atomic mass is 9.93. The first kappa shape index (κ1) is 23.4. The second kappa shape index (κ2) is 10.6. The second-order valence-corrected chi connectivity index (χ2v) is 7.88. The van der Waals surface area contributed by atoms with Crippen molar-refractivity contribution in [3.05, 3.63) is 35.6 Å². The first-order chi connectivity index (χ1) is 12.6. The Morgan fingerprint density at radius 2 is 2.07 bits per heavy atom. The number of likely N-dealkylation sites (N-methyl/N-ethyl adjacent to an activating group) is 1. The molecule has 0 saturated carbocycles. The topological polar surface area (TPSA) is 46.3 Å². The fraction of sp³-hybridized carbons (Fsp3) is 0.682. The van der Waals surface area contributed by atoms with E-state index in [1.807, 2.05) is 24.9 Å². The largest absolute Gasteiger partial charge is 0.364 e. The SMILES string of the molecule is CCCC(C)/C=C(\C=C/[C@@H](CC)CCC(C)(F)F)C1CC=C(C(N)=O)N1C. The van der Waals surface area contributed by atoms with E-state index < -0.39 is 11.8 Å². The number of primary amides is 1. The molecule has 0 aromatic heterocycles. The number of hydrogen-bond donors (Lipinski definition) is 1. The number of amides is 1. The summed E-state index contributed by atoms with van der Waals surface area (Å²) in [6.07, 6.45) is 12.4. The molecule has 5 heteroatoms. The van der Waals surface area contributed by atoms with Crippen LogP contribution < -0.4 is 5.73 Å². The molecular formula is C22H36F2N2O. The summed E-state index contributed by atoms with van der Waals surface area (Å²) in [5.41, 5.74) is 7.14. The molecule has 1 heterocycles. The van der Waals surface area contributed by atoms with Gasteiger partial charge in [0, 0.05) is 13.5 Å². The van der Waals surface area contributed by atoms with Crippen LogP contribution >= 0.6 is 0 Å². The van der Waals surface area contributed by atoms with E-state index in [0.717, 1.165) is 38.2 Å². The average Bonchev–Trinajstić information content (AvgIpc) is 2.94. The summed E-state index contributed by atoms with van der Waals surface area (Å²) in [6.45, 7) is 7.35. The van der Waals surface area contributed by atoms with Crippen molar-refractivity contribution in [2.24, 2.45) is 17.6 Å². The molecule has 0 aromatic rings. The minimum absolute atomic E-state index is 0.0631. The molecule has 1 aliphatic heterocycles. The number of nitrogens with zero attached hydrogens (tertiary/aromatic N) is 1. The third kappa shape index (κ3) is 7.86. The predicted octanol–water partition coefficient (Wildman–Crippen LogP) is 5.44. The number of halogens is 2. The minimum atomic E-state index is -2.62. The summed E-state index contributed by atoms with van der Waals surface area (Å²) in [5, 5.41) is 0. The lowest BCUT2D eigenvalue weighted by molar-refractivity contribution is -0.115. The van der Waals surface area contributed by atoms with Gasteiger partial charge in [0.2, 0.25) is 5.92 Å². The Bertz CT molecular complexity index is 575. The van der Waals surface area contributed by atoms with E-state index in [2.05, 4.69) is 32.1 Å². The molecule has 1 aliphatic rings. The first-order valence-electron chi connectivity index (χ1n) is 10.1. The van der Waals surface area contributed by atoms with E-state index in [1.165, 1.54) is 0 Å². The van der Waals surface area contributed by atoms with Gasteiger partial charge in [0.1, 0.15) is 0 Å². The number of rotatable bonds is 11. The number of alkyl halides is 2. The normalized spacial score (nSPS) is 20.9. The Labute approximate surface area is 163 Å². The first-order valence-corrected chi connectivity index (χ1v) is 10.1. The van der Waals surface area contributed by atoms with E-state index in [0.29, 0.717) is 18.0 Å². The molecule has 3 atom stereocenters. The molecule has 0 saturated heterocycles. The van der Waals surface area contributed by atoms with Gasteiger partial charge in [-0.15, -0.1) is 0 Å². The molecule has 0 aliphatic carbocycles. The maximum Gasteiger partial charge on any atom is 0.264 e. The van der Waals surface area contributed by atoms with Crippen LogP contribution in [0.15, 0.2) is 35.6 Å². The van der Waals surface area contributed by atoms with Gasteiger partial charge in [-0.1, -0.05) is 51.5 Å². The van der Waals surface area contributed by atoms with Crippen LogP contribution in [0.25, 0.3) is 0 Å². The summed E-state index contributed by atoms with van der Waals surface area (Å²) in [4.78, 5) is 13.5. The molecule has 27 heavy (non-hydrogen) atoms. The fourth-order valence-electron chi connectivity index (χ4n) is 3.59. The third-order valence-electron chi connectivity index (χ3n) is 5.28. The zero-order valence-electron chi connectivity index (χ0n) is 17.5. The highest BCUT2D eigenvalue weighted by atomic mass is 19.3. The van der Waals surface area contributed by atoms with Crippen LogP contribution in [0.3, 0.4) is 0 Å². The molecule has 0 spiro atoms. The molecule has 1 rings (SSSR count). The number of hydrogen-bond acceptors (Lipinski definition) is 2. The van der Waals surface area contributed by atoms with Crippen LogP contribution in [0.1, 0.15) is 66.2 Å². The highest BCUT2D eigenvalue weighted by Gasteiger charge is 2.28. The number of carbonyl (C=O) groups is 1. The Kier molecular flexibility index (Phi) is 9.20. The minimum Gasteiger partial charge on any atom is -0.364 e. The van der Waals surface area contributed by atoms with Gasteiger partial charge in [-0.2, -0.15) is 0 Å². The lowest BCUT2D eigenvalue weighted by Gasteiger charge is -2.26. The molecule has 2 N–H and O–H groups in total. The van der Waals surface area contributed by atoms with Gasteiger partial charge in [-0.25, -0.2) is 8.78 Å². The highest BCUT2D eigenvalue weighted by Crippen LogP contribution is 2.29. The predicted molar refractivity (Wildman–Crippen MR) is 108 cm³/mol. The summed E-state index contributed by atoms with van der Waals surface area (Å²) in [7, 11) is 1.88. The zero-order chi connectivity index (χ0) is 20.6. The molecule has 0 radical (unpaired) electrons. The zero-order valence-corrected chi connectivity index (χ0v) is 17.5. The average molecular weight is 383 g/mol. The van der Waals surface area contributed by atoms with Gasteiger partial charge < -0.3 is 10.6 Å². The number of allylic oxidation sites excluding steroid dienone is 2. The Morgan fingerprint density at radius 1 is 1.41 bits per heavy atom. The maximum atomic E-state index is 13.2. The summed E-state index contributed by atoms with van der Waals surface area (Å²) < 4.78 is 26.4. The molecule has 2 unspecified atom stereocenters. The quantitative estimate of drug-likeness (QED) is 0.484. The molecular weight excluding hydrogens is 346 g/mol. The standard InChI is InChI=1S/C22H36F2N2O/c1-6-8-16(3)15-18(19-11-12-20(21(25)27)26(19)5)10-9-17(7-2)13-14-22(4,23)24/h9-10,12,15-17,19H,6-8,11,13-14H2,1-5H3,(H2,25,27)/b10-9-,18-15+/t16?,17-,19?/m1/s1. The smallest absolute Gasteiger partial charge is 0.264 e. The van der Waals surface area contributed by atoms with Crippen LogP contribution in [0.5, 0.6) is 0 Å². The van der Waals surface area contributed by atoms with E-state index in [4.69, 9.17) is 5.73 Å². The van der Waals surface area contributed by atoms with Crippen LogP contribution in [0.2, 0.25) is 0 Å². The van der Waals surface area contributed by atoms with Crippen molar-refractivity contribution >= 4 is 5.91 Å². The third-order valence-corrected chi connectivity index (χ3v) is 5.28. The van der Waals surface area contributed by atoms with Gasteiger partial charge in [-0.05, 0) is 50.0 Å². The Morgan fingerprint density at radius 3 is 2.56 bits per heavy atom. The number of nitrogens with two attached hydrogens (primary N) is 1. The summed E-state index contributed by atoms with van der Waals surface area (Å²) in [6, 6.07) is 0.0631. The molecule has 0 bridgehead atoms. The van der Waals surface area contributed by atoms with Crippen molar-refractivity contribution < 1.29 is 13.6 Å². The van der Waals surface area contributed by atoms with Gasteiger partial charge in [0.25, 0.3) is 5.91 Å². The van der Waals surface area contributed by atoms with Crippen molar-refractivity contribution in [2.45, 2.75) is 78.2 Å². The Balaban J connectivity index is 2.97. The van der Waals surface area contributed by atoms with Crippen molar-refractivity contribution in [1.82, 2.24) is 4.90 Å². The lowest BCUT2D eigenvalue weighted by Crippen LogP contribution is -2.32. The fourth-order valence-corrected chi connectivity index (χ4v) is 3.59. The van der Waals surface area contributed by atoms with E-state index >= 15 is 0 Å². The molecule has 1 amide bonds. The maximum absolute atomic E-state index is 13.2. The van der Waals surface area contributed by atoms with E-state index in [-0.39, 0.29) is 18.4 Å². The van der Waals surface area contributed by atoms with Gasteiger partial charge >= 0.3 is 0 Å². The van der Waals surface area contributed by atoms with Crippen LogP contribution in [-0.2, 0) is 4.79 Å². The Hall–Kier alpha value is -1.65. The van der Waals surface area contributed by atoms with Crippen molar-refractivity contribution in [2.75, 3.05) is 7.05 Å². The van der Waals surface area contributed by atoms with Gasteiger partial charge in [-0.3, -0.25) is 4.79 Å². The van der Waals surface area contributed by atoms with Crippen LogP contribution in [-0.4, -0.2) is 29.8 Å². The van der Waals surface area contributed by atoms with Crippen molar-refractivity contribution in [3.63, 3.8) is 0 Å². The summed E-state index contributed by atoms with van der Waals surface area (Å²) in [5.74, 6) is -2.50. The van der Waals surface area contributed by atoms with Crippen LogP contribution in [0, 0.1) is 11.8 Å². The summed E-state index contributed by atoms with van der Waals surface area (Å²) >= 11 is 0. The highest BCUT2D eigenvalue weighted by molar-refractivity contribution is 5.91. The van der Waals surface area contributed by atoms with Gasteiger partial charge in [0.15, 0.2) is 0 Å². The van der Waals surface area contributed by atoms with Crippen molar-refractivity contribution in [3.8, 4) is 0 Å². The monoisotopic (exact) mass is 382 g/mol. The van der Waals surface area contributed by atoms with E-state index in [1.54, 1.807) is 0 Å².